The minimum Gasteiger partial charge on any atom is -0.430 e. The Labute approximate surface area is 78.5 Å². The van der Waals surface area contributed by atoms with Crippen LogP contribution >= 0.6 is 0 Å². The highest BCUT2D eigenvalue weighted by Gasteiger charge is 2.37. The van der Waals surface area contributed by atoms with E-state index in [-0.39, 0.29) is 24.3 Å². The predicted molar refractivity (Wildman–Crippen MR) is 49.1 cm³/mol. The molecule has 1 saturated heterocycles. The average molecular weight is 188 g/mol. The van der Waals surface area contributed by atoms with Gasteiger partial charge in [0.2, 0.25) is 0 Å². The fraction of sp³-hybridized carbons (Fsp3) is 0.889. The van der Waals surface area contributed by atoms with Crippen molar-refractivity contribution in [1.29, 1.82) is 0 Å². The zero-order valence-corrected chi connectivity index (χ0v) is 8.45. The third-order valence-electron chi connectivity index (χ3n) is 2.00. The van der Waals surface area contributed by atoms with E-state index in [0.717, 1.165) is 13.0 Å². The van der Waals surface area contributed by atoms with Crippen LogP contribution in [0.1, 0.15) is 27.2 Å². The molecule has 0 bridgehead atoms. The van der Waals surface area contributed by atoms with Crippen molar-refractivity contribution >= 4 is 6.08 Å². The molecule has 0 aliphatic carbocycles. The summed E-state index contributed by atoms with van der Waals surface area (Å²) < 4.78 is 6.93. The van der Waals surface area contributed by atoms with Gasteiger partial charge in [0.25, 0.3) is 0 Å². The van der Waals surface area contributed by atoms with Crippen LogP contribution in [0.25, 0.3) is 0 Å². The van der Waals surface area contributed by atoms with Gasteiger partial charge < -0.3 is 14.9 Å². The van der Waals surface area contributed by atoms with E-state index in [0.29, 0.717) is 0 Å². The van der Waals surface area contributed by atoms with Gasteiger partial charge in [-0.3, -0.25) is 0 Å². The molecule has 2 N–H and O–H groups in total. The van der Waals surface area contributed by atoms with E-state index in [1.54, 1.807) is 4.58 Å². The lowest BCUT2D eigenvalue weighted by Crippen LogP contribution is -2.47. The van der Waals surface area contributed by atoms with E-state index in [1.165, 1.54) is 0 Å². The number of rotatable bonds is 1. The molecular formula is C9H18NO3+. The van der Waals surface area contributed by atoms with Crippen molar-refractivity contribution in [3.05, 3.63) is 0 Å². The molecule has 1 heterocycles. The maximum Gasteiger partial charge on any atom is 0.547 e. The Morgan fingerprint density at radius 1 is 1.54 bits per heavy atom. The second-order valence-corrected chi connectivity index (χ2v) is 4.32. The van der Waals surface area contributed by atoms with Gasteiger partial charge in [-0.2, -0.15) is 4.58 Å². The first-order valence-corrected chi connectivity index (χ1v) is 4.56. The smallest absolute Gasteiger partial charge is 0.430 e. The van der Waals surface area contributed by atoms with Crippen LogP contribution in [-0.4, -0.2) is 45.7 Å². The summed E-state index contributed by atoms with van der Waals surface area (Å²) in [5.41, 5.74) is -0.389. The fourth-order valence-corrected chi connectivity index (χ4v) is 1.21. The third-order valence-corrected chi connectivity index (χ3v) is 2.00. The molecule has 0 saturated carbocycles. The third kappa shape index (κ3) is 2.59. The standard InChI is InChI=1S/C9H17NO3/c1-9(2,3)13-8(12)10-5-4-7(10)6-11/h7,11H,4-6H2,1-3H3/p+1/t7-/m1/s1. The number of hydrogen-bond acceptors (Lipinski definition) is 2. The summed E-state index contributed by atoms with van der Waals surface area (Å²) in [6.45, 7) is 6.44. The highest BCUT2D eigenvalue weighted by molar-refractivity contribution is 5.59. The van der Waals surface area contributed by atoms with Gasteiger partial charge in [-0.1, -0.05) is 0 Å². The van der Waals surface area contributed by atoms with Gasteiger partial charge in [0, 0.05) is 0 Å². The van der Waals surface area contributed by atoms with Crippen molar-refractivity contribution in [3.8, 4) is 0 Å². The summed E-state index contributed by atoms with van der Waals surface area (Å²) in [6.07, 6.45) is 0.839. The Balaban J connectivity index is 2.59. The molecule has 0 radical (unpaired) electrons. The van der Waals surface area contributed by atoms with Crippen molar-refractivity contribution in [2.24, 2.45) is 0 Å². The van der Waals surface area contributed by atoms with Gasteiger partial charge in [-0.15, -0.1) is 0 Å². The van der Waals surface area contributed by atoms with Crippen LogP contribution in [0.2, 0.25) is 0 Å². The minimum absolute atomic E-state index is 0.0300. The lowest BCUT2D eigenvalue weighted by atomic mass is 10.1. The Kier molecular flexibility index (Phi) is 2.81. The molecule has 1 fully saturated rings. The normalized spacial score (nSPS) is 26.6. The predicted octanol–water partition coefficient (Wildman–Crippen LogP) is 0.493. The number of nitrogens with zero attached hydrogens (tertiary/aromatic N) is 1. The number of aliphatic hydroxyl groups is 2. The van der Waals surface area contributed by atoms with Crippen LogP contribution in [0.4, 0.5) is 0 Å². The molecule has 1 aliphatic rings. The Morgan fingerprint density at radius 3 is 2.46 bits per heavy atom. The van der Waals surface area contributed by atoms with E-state index in [4.69, 9.17) is 9.84 Å². The summed E-state index contributed by atoms with van der Waals surface area (Å²) in [5, 5.41) is 18.4. The number of aliphatic hydroxyl groups excluding tert-OH is 2. The van der Waals surface area contributed by atoms with Crippen molar-refractivity contribution in [3.63, 3.8) is 0 Å². The number of ether oxygens (including phenoxy) is 1. The van der Waals surface area contributed by atoms with Gasteiger partial charge >= 0.3 is 6.08 Å². The van der Waals surface area contributed by atoms with Crippen molar-refractivity contribution in [1.82, 2.24) is 0 Å². The van der Waals surface area contributed by atoms with Crippen LogP contribution in [0.3, 0.4) is 0 Å². The van der Waals surface area contributed by atoms with Crippen LogP contribution < -0.4 is 0 Å². The molecule has 0 amide bonds. The molecule has 4 nitrogen and oxygen atoms in total. The summed E-state index contributed by atoms with van der Waals surface area (Å²) >= 11 is 0. The molecule has 0 aromatic heterocycles. The van der Waals surface area contributed by atoms with E-state index in [9.17, 15) is 5.11 Å². The zero-order valence-electron chi connectivity index (χ0n) is 8.45. The monoisotopic (exact) mass is 188 g/mol. The molecular weight excluding hydrogens is 170 g/mol. The molecule has 1 aliphatic heterocycles. The van der Waals surface area contributed by atoms with Gasteiger partial charge in [0.15, 0.2) is 12.6 Å². The van der Waals surface area contributed by atoms with Gasteiger partial charge in [0.1, 0.15) is 12.2 Å². The Bertz CT molecular complexity index is 215. The van der Waals surface area contributed by atoms with E-state index in [1.807, 2.05) is 20.8 Å². The maximum atomic E-state index is 9.52. The van der Waals surface area contributed by atoms with Crippen molar-refractivity contribution in [2.45, 2.75) is 38.8 Å². The first kappa shape index (κ1) is 10.3. The largest absolute Gasteiger partial charge is 0.547 e. The SMILES string of the molecule is CC(C)(C)OC(O)=[N+]1CC[C@@H]1CO. The minimum atomic E-state index is -0.389. The van der Waals surface area contributed by atoms with Gasteiger partial charge in [-0.05, 0) is 20.8 Å². The summed E-state index contributed by atoms with van der Waals surface area (Å²) in [7, 11) is 0. The maximum absolute atomic E-state index is 9.52. The van der Waals surface area contributed by atoms with Crippen LogP contribution in [0.15, 0.2) is 0 Å². The molecule has 13 heavy (non-hydrogen) atoms. The first-order valence-electron chi connectivity index (χ1n) is 4.56. The lowest BCUT2D eigenvalue weighted by molar-refractivity contribution is -0.641. The molecule has 0 aromatic rings. The van der Waals surface area contributed by atoms with Crippen LogP contribution in [0.5, 0.6) is 0 Å². The molecule has 0 unspecified atom stereocenters. The molecule has 1 atom stereocenters. The van der Waals surface area contributed by atoms with Crippen molar-refractivity contribution < 1.29 is 19.5 Å². The molecule has 4 heteroatoms. The quantitative estimate of drug-likeness (QED) is 0.465. The van der Waals surface area contributed by atoms with Gasteiger partial charge in [-0.25, -0.2) is 0 Å². The molecule has 0 spiro atoms. The van der Waals surface area contributed by atoms with Crippen molar-refractivity contribution in [2.75, 3.05) is 13.2 Å². The highest BCUT2D eigenvalue weighted by atomic mass is 16.6. The topological polar surface area (TPSA) is 52.7 Å². The molecule has 1 rings (SSSR count). The summed E-state index contributed by atoms with van der Waals surface area (Å²) in [5.74, 6) is 0. The second kappa shape index (κ2) is 3.54. The number of hydrogen-bond donors (Lipinski definition) is 2. The fourth-order valence-electron chi connectivity index (χ4n) is 1.21. The molecule has 76 valence electrons. The van der Waals surface area contributed by atoms with E-state index in [2.05, 4.69) is 0 Å². The molecule has 0 aromatic carbocycles. The van der Waals surface area contributed by atoms with Crippen LogP contribution in [0, 0.1) is 0 Å². The first-order chi connectivity index (χ1) is 5.94. The van der Waals surface area contributed by atoms with E-state index >= 15 is 0 Å². The van der Waals surface area contributed by atoms with Crippen LogP contribution in [-0.2, 0) is 4.74 Å². The zero-order chi connectivity index (χ0) is 10.1. The average Bonchev–Trinajstić information content (AvgIpc) is 1.80. The highest BCUT2D eigenvalue weighted by Crippen LogP contribution is 2.13. The Hall–Kier alpha value is -0.770. The second-order valence-electron chi connectivity index (χ2n) is 4.32. The lowest BCUT2D eigenvalue weighted by Gasteiger charge is -2.24. The summed E-state index contributed by atoms with van der Waals surface area (Å²) in [4.78, 5) is 0. The summed E-state index contributed by atoms with van der Waals surface area (Å²) in [6, 6.07) is 0.0300. The Morgan fingerprint density at radius 2 is 2.15 bits per heavy atom. The van der Waals surface area contributed by atoms with E-state index < -0.39 is 0 Å². The van der Waals surface area contributed by atoms with Gasteiger partial charge in [0.05, 0.1) is 6.42 Å².